The molecule has 1 saturated heterocycles. The minimum absolute atomic E-state index is 0.0271. The van der Waals surface area contributed by atoms with E-state index in [9.17, 15) is 9.59 Å². The highest BCUT2D eigenvalue weighted by atomic mass is 32.2. The van der Waals surface area contributed by atoms with Crippen LogP contribution in [0.3, 0.4) is 0 Å². The number of nitrogens with zero attached hydrogens (tertiary/aromatic N) is 1. The second-order valence-electron chi connectivity index (χ2n) is 6.12. The van der Waals surface area contributed by atoms with Crippen LogP contribution in [0, 0.1) is 6.92 Å². The molecule has 0 spiro atoms. The van der Waals surface area contributed by atoms with Gasteiger partial charge in [-0.1, -0.05) is 42.8 Å². The molecule has 1 aromatic carbocycles. The molecule has 0 aliphatic carbocycles. The van der Waals surface area contributed by atoms with E-state index >= 15 is 0 Å². The molecule has 0 aromatic heterocycles. The molecule has 2 amide bonds. The number of benzene rings is 1. The summed E-state index contributed by atoms with van der Waals surface area (Å²) in [5.41, 5.74) is 3.16. The van der Waals surface area contributed by atoms with Crippen LogP contribution in [-0.2, 0) is 16.0 Å². The molecule has 1 aliphatic rings. The number of carbonyl (C=O) groups excluding carboxylic acids is 2. The second-order valence-corrected chi connectivity index (χ2v) is 7.12. The fourth-order valence-corrected chi connectivity index (χ4v) is 3.95. The molecule has 1 atom stereocenters. The third kappa shape index (κ3) is 4.87. The van der Waals surface area contributed by atoms with Crippen LogP contribution in [0.1, 0.15) is 31.4 Å². The first-order chi connectivity index (χ1) is 11.5. The fraction of sp³-hybridized carbons (Fsp3) is 0.474. The molecule has 0 bridgehead atoms. The molecule has 1 N–H and O–H groups in total. The maximum absolute atomic E-state index is 12.5. The maximum atomic E-state index is 12.5. The van der Waals surface area contributed by atoms with Crippen LogP contribution >= 0.6 is 11.8 Å². The second kappa shape index (κ2) is 8.92. The Hall–Kier alpha value is -1.75. The van der Waals surface area contributed by atoms with Crippen molar-refractivity contribution in [3.63, 3.8) is 0 Å². The third-order valence-corrected chi connectivity index (χ3v) is 5.10. The van der Waals surface area contributed by atoms with Crippen LogP contribution < -0.4 is 5.32 Å². The van der Waals surface area contributed by atoms with E-state index in [2.05, 4.69) is 30.4 Å². The van der Waals surface area contributed by atoms with Crippen molar-refractivity contribution in [3.8, 4) is 0 Å². The summed E-state index contributed by atoms with van der Waals surface area (Å²) in [5, 5.41) is 2.98. The Morgan fingerprint density at radius 3 is 2.92 bits per heavy atom. The van der Waals surface area contributed by atoms with Crippen molar-refractivity contribution in [2.24, 2.45) is 0 Å². The number of amides is 2. The lowest BCUT2D eigenvalue weighted by Gasteiger charge is -2.23. The lowest BCUT2D eigenvalue weighted by Crippen LogP contribution is -2.47. The maximum Gasteiger partial charge on any atom is 0.250 e. The smallest absolute Gasteiger partial charge is 0.250 e. The van der Waals surface area contributed by atoms with E-state index in [0.29, 0.717) is 18.2 Å². The van der Waals surface area contributed by atoms with Gasteiger partial charge in [0.25, 0.3) is 5.91 Å². The Balaban J connectivity index is 1.89. The van der Waals surface area contributed by atoms with Crippen LogP contribution in [0.4, 0.5) is 0 Å². The molecule has 24 heavy (non-hydrogen) atoms. The van der Waals surface area contributed by atoms with Gasteiger partial charge in [0.1, 0.15) is 6.04 Å². The molecule has 1 unspecified atom stereocenters. The van der Waals surface area contributed by atoms with Crippen molar-refractivity contribution in [1.82, 2.24) is 10.2 Å². The number of hydrogen-bond donors (Lipinski definition) is 1. The normalized spacial score (nSPS) is 17.9. The van der Waals surface area contributed by atoms with Crippen molar-refractivity contribution in [1.29, 1.82) is 0 Å². The predicted molar refractivity (Wildman–Crippen MR) is 99.9 cm³/mol. The molecular formula is C19H26N2O2S. The van der Waals surface area contributed by atoms with E-state index in [1.165, 1.54) is 11.1 Å². The van der Waals surface area contributed by atoms with Gasteiger partial charge in [0, 0.05) is 17.9 Å². The van der Waals surface area contributed by atoms with Gasteiger partial charge in [0.2, 0.25) is 5.91 Å². The number of hydrogen-bond acceptors (Lipinski definition) is 3. The number of aryl methyl sites for hydroxylation is 1. The van der Waals surface area contributed by atoms with Crippen LogP contribution in [-0.4, -0.2) is 40.9 Å². The highest BCUT2D eigenvalue weighted by Gasteiger charge is 2.34. The standard InChI is InChI=1S/C19H26N2O2S/c1-4-6-15(3)19(23)21-13-24-12-17(21)18(22)20-10-9-16-8-5-7-14(2)11-16/h5-8,11,17H,4,9-10,12-13H2,1-3H3,(H,20,22)/b15-6-. The highest BCUT2D eigenvalue weighted by Crippen LogP contribution is 2.23. The molecule has 4 nitrogen and oxygen atoms in total. The number of rotatable bonds is 6. The molecule has 1 heterocycles. The van der Waals surface area contributed by atoms with Gasteiger partial charge in [-0.3, -0.25) is 9.59 Å². The first-order valence-corrected chi connectivity index (χ1v) is 9.57. The summed E-state index contributed by atoms with van der Waals surface area (Å²) in [5.74, 6) is 1.18. The average molecular weight is 346 g/mol. The van der Waals surface area contributed by atoms with Crippen LogP contribution in [0.15, 0.2) is 35.9 Å². The van der Waals surface area contributed by atoms with Gasteiger partial charge in [-0.15, -0.1) is 11.8 Å². The largest absolute Gasteiger partial charge is 0.354 e. The van der Waals surface area contributed by atoms with Crippen molar-refractivity contribution < 1.29 is 9.59 Å². The summed E-state index contributed by atoms with van der Waals surface area (Å²) in [7, 11) is 0. The fourth-order valence-electron chi connectivity index (χ4n) is 2.80. The molecule has 1 fully saturated rings. The molecule has 5 heteroatoms. The molecule has 1 aliphatic heterocycles. The topological polar surface area (TPSA) is 49.4 Å². The van der Waals surface area contributed by atoms with E-state index in [4.69, 9.17) is 0 Å². The number of carbonyl (C=O) groups is 2. The molecule has 0 saturated carbocycles. The van der Waals surface area contributed by atoms with Gasteiger partial charge >= 0.3 is 0 Å². The highest BCUT2D eigenvalue weighted by molar-refractivity contribution is 7.99. The van der Waals surface area contributed by atoms with Gasteiger partial charge in [0.15, 0.2) is 0 Å². The first kappa shape index (κ1) is 18.6. The van der Waals surface area contributed by atoms with Crippen molar-refractivity contribution in [3.05, 3.63) is 47.0 Å². The quantitative estimate of drug-likeness (QED) is 0.806. The monoisotopic (exact) mass is 346 g/mol. The van der Waals surface area contributed by atoms with Gasteiger partial charge in [0.05, 0.1) is 5.88 Å². The van der Waals surface area contributed by atoms with Gasteiger partial charge < -0.3 is 10.2 Å². The number of nitrogens with one attached hydrogen (secondary N) is 1. The zero-order valence-corrected chi connectivity index (χ0v) is 15.5. The van der Waals surface area contributed by atoms with E-state index in [-0.39, 0.29) is 17.9 Å². The van der Waals surface area contributed by atoms with Crippen molar-refractivity contribution in [2.75, 3.05) is 18.2 Å². The lowest BCUT2D eigenvalue weighted by molar-refractivity contribution is -0.135. The summed E-state index contributed by atoms with van der Waals surface area (Å²) < 4.78 is 0. The van der Waals surface area contributed by atoms with E-state index in [1.807, 2.05) is 26.0 Å². The Labute approximate surface area is 148 Å². The molecule has 1 aromatic rings. The van der Waals surface area contributed by atoms with E-state index in [0.717, 1.165) is 18.4 Å². The Kier molecular flexibility index (Phi) is 6.91. The van der Waals surface area contributed by atoms with Crippen LogP contribution in [0.5, 0.6) is 0 Å². The average Bonchev–Trinajstić information content (AvgIpc) is 3.04. The van der Waals surface area contributed by atoms with Gasteiger partial charge in [-0.05, 0) is 32.3 Å². The molecular weight excluding hydrogens is 320 g/mol. The van der Waals surface area contributed by atoms with E-state index < -0.39 is 0 Å². The Morgan fingerprint density at radius 2 is 2.21 bits per heavy atom. The molecule has 2 rings (SSSR count). The van der Waals surface area contributed by atoms with Crippen molar-refractivity contribution in [2.45, 2.75) is 39.7 Å². The van der Waals surface area contributed by atoms with Gasteiger partial charge in [-0.2, -0.15) is 0 Å². The van der Waals surface area contributed by atoms with E-state index in [1.54, 1.807) is 16.7 Å². The number of thioether (sulfide) groups is 1. The minimum Gasteiger partial charge on any atom is -0.354 e. The molecule has 0 radical (unpaired) electrons. The lowest BCUT2D eigenvalue weighted by atomic mass is 10.1. The number of allylic oxidation sites excluding steroid dienone is 1. The summed E-state index contributed by atoms with van der Waals surface area (Å²) in [6.45, 7) is 6.48. The van der Waals surface area contributed by atoms with Crippen LogP contribution in [0.2, 0.25) is 0 Å². The summed E-state index contributed by atoms with van der Waals surface area (Å²) in [4.78, 5) is 26.6. The summed E-state index contributed by atoms with van der Waals surface area (Å²) in [6, 6.07) is 7.93. The predicted octanol–water partition coefficient (Wildman–Crippen LogP) is 2.91. The summed E-state index contributed by atoms with van der Waals surface area (Å²) >= 11 is 1.63. The first-order valence-electron chi connectivity index (χ1n) is 8.41. The SMILES string of the molecule is CC/C=C(/C)C(=O)N1CSCC1C(=O)NCCc1cccc(C)c1. The van der Waals surface area contributed by atoms with Crippen LogP contribution in [0.25, 0.3) is 0 Å². The third-order valence-electron chi connectivity index (χ3n) is 4.09. The zero-order valence-electron chi connectivity index (χ0n) is 14.7. The zero-order chi connectivity index (χ0) is 17.5. The minimum atomic E-state index is -0.361. The molecule has 130 valence electrons. The Bertz CT molecular complexity index is 628. The van der Waals surface area contributed by atoms with Crippen molar-refractivity contribution >= 4 is 23.6 Å². The summed E-state index contributed by atoms with van der Waals surface area (Å²) in [6.07, 6.45) is 3.54. The van der Waals surface area contributed by atoms with Gasteiger partial charge in [-0.25, -0.2) is 0 Å². The Morgan fingerprint density at radius 1 is 1.42 bits per heavy atom.